The number of piperidine rings is 1. The number of nitrogens with zero attached hydrogens (tertiary/aromatic N) is 2. The van der Waals surface area contributed by atoms with Gasteiger partial charge in [0.25, 0.3) is 0 Å². The monoisotopic (exact) mass is 503 g/mol. The quantitative estimate of drug-likeness (QED) is 0.267. The first kappa shape index (κ1) is 24.7. The van der Waals surface area contributed by atoms with Crippen molar-refractivity contribution >= 4 is 35.9 Å². The van der Waals surface area contributed by atoms with Crippen molar-refractivity contribution < 1.29 is 14.3 Å². The molecule has 1 heterocycles. The van der Waals surface area contributed by atoms with Gasteiger partial charge < -0.3 is 19.7 Å². The SMILES string of the molecule is CCOC(=O)C1CCN(C(=NC)NCc2ccc(COC(C)C)cc2)CC1.I. The third-order valence-corrected chi connectivity index (χ3v) is 4.68. The minimum Gasteiger partial charge on any atom is -0.466 e. The van der Waals surface area contributed by atoms with Crippen LogP contribution in [0.4, 0.5) is 0 Å². The van der Waals surface area contributed by atoms with Crippen molar-refractivity contribution in [2.75, 3.05) is 26.7 Å². The van der Waals surface area contributed by atoms with E-state index in [0.29, 0.717) is 13.2 Å². The van der Waals surface area contributed by atoms with Crippen molar-refractivity contribution in [2.45, 2.75) is 52.9 Å². The summed E-state index contributed by atoms with van der Waals surface area (Å²) in [6.45, 7) is 9.37. The lowest BCUT2D eigenvalue weighted by Gasteiger charge is -2.33. The number of carbonyl (C=O) groups excluding carboxylic acids is 1. The number of aliphatic imine (C=N–C) groups is 1. The van der Waals surface area contributed by atoms with Gasteiger partial charge >= 0.3 is 5.97 Å². The molecule has 28 heavy (non-hydrogen) atoms. The molecule has 1 aliphatic heterocycles. The molecule has 158 valence electrons. The van der Waals surface area contributed by atoms with E-state index in [9.17, 15) is 4.79 Å². The number of likely N-dealkylation sites (tertiary alicyclic amines) is 1. The van der Waals surface area contributed by atoms with E-state index < -0.39 is 0 Å². The Bertz CT molecular complexity index is 612. The van der Waals surface area contributed by atoms with Gasteiger partial charge in [-0.2, -0.15) is 0 Å². The predicted octanol–water partition coefficient (Wildman–Crippen LogP) is 3.58. The Morgan fingerprint density at radius 1 is 1.21 bits per heavy atom. The van der Waals surface area contributed by atoms with Crippen LogP contribution in [0.3, 0.4) is 0 Å². The third kappa shape index (κ3) is 7.95. The van der Waals surface area contributed by atoms with Crippen LogP contribution in [-0.4, -0.2) is 49.7 Å². The predicted molar refractivity (Wildman–Crippen MR) is 123 cm³/mol. The van der Waals surface area contributed by atoms with E-state index in [-0.39, 0.29) is 42.0 Å². The molecule has 1 aliphatic rings. The Morgan fingerprint density at radius 2 is 1.82 bits per heavy atom. The molecule has 0 atom stereocenters. The number of ether oxygens (including phenoxy) is 2. The summed E-state index contributed by atoms with van der Waals surface area (Å²) in [7, 11) is 1.80. The van der Waals surface area contributed by atoms with Gasteiger partial charge in [0.05, 0.1) is 25.2 Å². The summed E-state index contributed by atoms with van der Waals surface area (Å²) in [6.07, 6.45) is 1.86. The summed E-state index contributed by atoms with van der Waals surface area (Å²) in [6, 6.07) is 8.44. The molecule has 1 aromatic carbocycles. The van der Waals surface area contributed by atoms with Gasteiger partial charge in [-0.25, -0.2) is 0 Å². The highest BCUT2D eigenvalue weighted by atomic mass is 127. The minimum atomic E-state index is -0.0679. The van der Waals surface area contributed by atoms with E-state index >= 15 is 0 Å². The number of rotatable bonds is 7. The molecular formula is C21H34IN3O3. The standard InChI is InChI=1S/C21H33N3O3.HI/c1-5-26-20(25)19-10-12-24(13-11-19)21(22-4)23-14-17-6-8-18(9-7-17)15-27-16(2)3;/h6-9,16,19H,5,10-15H2,1-4H3,(H,22,23);1H. The number of hydrogen-bond acceptors (Lipinski definition) is 4. The molecule has 1 aromatic rings. The highest BCUT2D eigenvalue weighted by Crippen LogP contribution is 2.19. The van der Waals surface area contributed by atoms with E-state index in [1.807, 2.05) is 20.8 Å². The van der Waals surface area contributed by atoms with Crippen LogP contribution in [0.25, 0.3) is 0 Å². The molecule has 1 saturated heterocycles. The molecule has 0 saturated carbocycles. The van der Waals surface area contributed by atoms with Crippen LogP contribution in [0, 0.1) is 5.92 Å². The van der Waals surface area contributed by atoms with Crippen molar-refractivity contribution in [3.05, 3.63) is 35.4 Å². The lowest BCUT2D eigenvalue weighted by Crippen LogP contribution is -2.46. The van der Waals surface area contributed by atoms with Gasteiger partial charge in [-0.15, -0.1) is 24.0 Å². The molecule has 1 N–H and O–H groups in total. The number of carbonyl (C=O) groups is 1. The normalized spacial score (nSPS) is 15.3. The third-order valence-electron chi connectivity index (χ3n) is 4.68. The Morgan fingerprint density at radius 3 is 2.36 bits per heavy atom. The average Bonchev–Trinajstić information content (AvgIpc) is 2.68. The van der Waals surface area contributed by atoms with Crippen molar-refractivity contribution in [1.82, 2.24) is 10.2 Å². The fourth-order valence-corrected chi connectivity index (χ4v) is 3.12. The fraction of sp³-hybridized carbons (Fsp3) is 0.619. The summed E-state index contributed by atoms with van der Waals surface area (Å²) in [5, 5.41) is 3.42. The molecule has 2 rings (SSSR count). The second-order valence-electron chi connectivity index (χ2n) is 7.09. The maximum atomic E-state index is 11.9. The first-order valence-electron chi connectivity index (χ1n) is 9.85. The Balaban J connectivity index is 0.00000392. The highest BCUT2D eigenvalue weighted by Gasteiger charge is 2.27. The van der Waals surface area contributed by atoms with Gasteiger partial charge in [0, 0.05) is 26.7 Å². The summed E-state index contributed by atoms with van der Waals surface area (Å²) in [5.74, 6) is 0.825. The molecule has 0 radical (unpaired) electrons. The number of guanidine groups is 1. The van der Waals surface area contributed by atoms with E-state index in [1.54, 1.807) is 7.05 Å². The fourth-order valence-electron chi connectivity index (χ4n) is 3.12. The van der Waals surface area contributed by atoms with Gasteiger partial charge in [0.15, 0.2) is 5.96 Å². The number of halogens is 1. The van der Waals surface area contributed by atoms with E-state index in [4.69, 9.17) is 9.47 Å². The second kappa shape index (κ2) is 13.0. The molecule has 7 heteroatoms. The first-order valence-corrected chi connectivity index (χ1v) is 9.85. The zero-order chi connectivity index (χ0) is 19.6. The van der Waals surface area contributed by atoms with Crippen LogP contribution in [0.2, 0.25) is 0 Å². The van der Waals surface area contributed by atoms with Crippen molar-refractivity contribution in [1.29, 1.82) is 0 Å². The Hall–Kier alpha value is -1.35. The molecular weight excluding hydrogens is 469 g/mol. The van der Waals surface area contributed by atoms with Crippen LogP contribution < -0.4 is 5.32 Å². The summed E-state index contributed by atoms with van der Waals surface area (Å²) < 4.78 is 10.8. The molecule has 0 aromatic heterocycles. The Kier molecular flexibility index (Phi) is 11.4. The molecule has 1 fully saturated rings. The van der Waals surface area contributed by atoms with Crippen molar-refractivity contribution in [3.8, 4) is 0 Å². The molecule has 0 unspecified atom stereocenters. The zero-order valence-corrected chi connectivity index (χ0v) is 19.8. The second-order valence-corrected chi connectivity index (χ2v) is 7.09. The van der Waals surface area contributed by atoms with Crippen LogP contribution in [0.5, 0.6) is 0 Å². The largest absolute Gasteiger partial charge is 0.466 e. The van der Waals surface area contributed by atoms with Crippen LogP contribution in [0.1, 0.15) is 44.7 Å². The summed E-state index contributed by atoms with van der Waals surface area (Å²) in [5.41, 5.74) is 2.38. The maximum absolute atomic E-state index is 11.9. The van der Waals surface area contributed by atoms with Crippen LogP contribution >= 0.6 is 24.0 Å². The molecule has 0 bridgehead atoms. The molecule has 0 spiro atoms. The molecule has 0 aliphatic carbocycles. The Labute approximate surface area is 186 Å². The van der Waals surface area contributed by atoms with Gasteiger partial charge in [0.2, 0.25) is 0 Å². The number of benzene rings is 1. The lowest BCUT2D eigenvalue weighted by atomic mass is 9.97. The lowest BCUT2D eigenvalue weighted by molar-refractivity contribution is -0.149. The van der Waals surface area contributed by atoms with E-state index in [0.717, 1.165) is 38.4 Å². The number of hydrogen-bond donors (Lipinski definition) is 1. The van der Waals surface area contributed by atoms with Crippen LogP contribution in [0.15, 0.2) is 29.3 Å². The number of nitrogens with one attached hydrogen (secondary N) is 1. The molecule has 6 nitrogen and oxygen atoms in total. The van der Waals surface area contributed by atoms with Gasteiger partial charge in [-0.3, -0.25) is 9.79 Å². The summed E-state index contributed by atoms with van der Waals surface area (Å²) >= 11 is 0. The highest BCUT2D eigenvalue weighted by molar-refractivity contribution is 14.0. The zero-order valence-electron chi connectivity index (χ0n) is 17.4. The van der Waals surface area contributed by atoms with Crippen molar-refractivity contribution in [3.63, 3.8) is 0 Å². The smallest absolute Gasteiger partial charge is 0.309 e. The van der Waals surface area contributed by atoms with Crippen molar-refractivity contribution in [2.24, 2.45) is 10.9 Å². The number of esters is 1. The summed E-state index contributed by atoms with van der Waals surface area (Å²) in [4.78, 5) is 18.5. The van der Waals surface area contributed by atoms with Gasteiger partial charge in [-0.1, -0.05) is 24.3 Å². The molecule has 0 amide bonds. The topological polar surface area (TPSA) is 63.2 Å². The van der Waals surface area contributed by atoms with E-state index in [2.05, 4.69) is 39.5 Å². The minimum absolute atomic E-state index is 0. The maximum Gasteiger partial charge on any atom is 0.309 e. The first-order chi connectivity index (χ1) is 13.0. The van der Waals surface area contributed by atoms with Crippen LogP contribution in [-0.2, 0) is 27.4 Å². The van der Waals surface area contributed by atoms with Gasteiger partial charge in [-0.05, 0) is 44.7 Å². The van der Waals surface area contributed by atoms with Gasteiger partial charge in [0.1, 0.15) is 0 Å². The average molecular weight is 503 g/mol. The van der Waals surface area contributed by atoms with E-state index in [1.165, 1.54) is 11.1 Å².